The van der Waals surface area contributed by atoms with E-state index in [9.17, 15) is 4.39 Å². The summed E-state index contributed by atoms with van der Waals surface area (Å²) in [5.74, 6) is -0.202. The molecular weight excluding hydrogens is 229 g/mol. The highest BCUT2D eigenvalue weighted by Gasteiger charge is 2.05. The minimum absolute atomic E-state index is 0.202. The fourth-order valence-corrected chi connectivity index (χ4v) is 2.23. The fraction of sp³-hybridized carbons (Fsp3) is 0.214. The number of imidazole rings is 1. The van der Waals surface area contributed by atoms with E-state index >= 15 is 0 Å². The highest BCUT2D eigenvalue weighted by molar-refractivity contribution is 5.80. The van der Waals surface area contributed by atoms with Crippen molar-refractivity contribution in [2.75, 3.05) is 0 Å². The lowest BCUT2D eigenvalue weighted by molar-refractivity contribution is 0.627. The summed E-state index contributed by atoms with van der Waals surface area (Å²) in [6.07, 6.45) is 5.66. The molecule has 3 aromatic rings. The van der Waals surface area contributed by atoms with Crippen molar-refractivity contribution in [3.8, 4) is 0 Å². The van der Waals surface area contributed by atoms with Crippen LogP contribution in [0.1, 0.15) is 12.6 Å². The Bertz CT molecular complexity index is 681. The molecule has 0 aliphatic rings. The number of fused-ring (bicyclic) bond motifs is 1. The van der Waals surface area contributed by atoms with E-state index in [4.69, 9.17) is 0 Å². The molecule has 4 heteroatoms. The number of benzene rings is 1. The van der Waals surface area contributed by atoms with Crippen molar-refractivity contribution in [1.29, 1.82) is 0 Å². The van der Waals surface area contributed by atoms with Crippen LogP contribution in [0.2, 0.25) is 0 Å². The third-order valence-electron chi connectivity index (χ3n) is 3.21. The largest absolute Gasteiger partial charge is 0.341 e. The molecule has 0 radical (unpaired) electrons. The van der Waals surface area contributed by atoms with Crippen LogP contribution in [-0.2, 0) is 13.1 Å². The Balaban J connectivity index is 2.02. The first-order valence-corrected chi connectivity index (χ1v) is 6.01. The highest BCUT2D eigenvalue weighted by atomic mass is 19.1. The van der Waals surface area contributed by atoms with E-state index in [0.29, 0.717) is 6.54 Å². The summed E-state index contributed by atoms with van der Waals surface area (Å²) in [5, 5.41) is 1.05. The van der Waals surface area contributed by atoms with Crippen LogP contribution in [0.5, 0.6) is 0 Å². The molecule has 0 aliphatic heterocycles. The van der Waals surface area contributed by atoms with E-state index in [1.165, 1.54) is 6.07 Å². The van der Waals surface area contributed by atoms with E-state index < -0.39 is 0 Å². The van der Waals surface area contributed by atoms with Crippen molar-refractivity contribution in [1.82, 2.24) is 14.1 Å². The minimum atomic E-state index is -0.202. The second-order valence-electron chi connectivity index (χ2n) is 4.32. The molecule has 0 spiro atoms. The predicted octanol–water partition coefficient (Wildman–Crippen LogP) is 3.05. The SMILES string of the molecule is CCn1cncc1Cn1ccc2ccc(F)cc21. The van der Waals surface area contributed by atoms with Crippen LogP contribution >= 0.6 is 0 Å². The second-order valence-corrected chi connectivity index (χ2v) is 4.32. The Labute approximate surface area is 104 Å². The first kappa shape index (κ1) is 11.0. The topological polar surface area (TPSA) is 22.8 Å². The summed E-state index contributed by atoms with van der Waals surface area (Å²) < 4.78 is 17.4. The summed E-state index contributed by atoms with van der Waals surface area (Å²) in [4.78, 5) is 4.15. The van der Waals surface area contributed by atoms with Gasteiger partial charge in [0, 0.05) is 18.9 Å². The zero-order valence-corrected chi connectivity index (χ0v) is 10.2. The van der Waals surface area contributed by atoms with Gasteiger partial charge >= 0.3 is 0 Å². The lowest BCUT2D eigenvalue weighted by atomic mass is 10.2. The summed E-state index contributed by atoms with van der Waals surface area (Å²) in [6, 6.07) is 6.87. The molecule has 0 N–H and O–H groups in total. The van der Waals surface area contributed by atoms with Crippen molar-refractivity contribution in [2.24, 2.45) is 0 Å². The average Bonchev–Trinajstić information content (AvgIpc) is 2.97. The molecule has 2 heterocycles. The Kier molecular flexibility index (Phi) is 2.63. The smallest absolute Gasteiger partial charge is 0.125 e. The molecule has 3 rings (SSSR count). The third kappa shape index (κ3) is 1.79. The molecular formula is C14H14FN3. The van der Waals surface area contributed by atoms with Gasteiger partial charge in [-0.15, -0.1) is 0 Å². The molecule has 0 aliphatic carbocycles. The highest BCUT2D eigenvalue weighted by Crippen LogP contribution is 2.18. The van der Waals surface area contributed by atoms with Crippen LogP contribution in [0.4, 0.5) is 4.39 Å². The Morgan fingerprint density at radius 3 is 2.94 bits per heavy atom. The lowest BCUT2D eigenvalue weighted by Gasteiger charge is -2.08. The van der Waals surface area contributed by atoms with Crippen LogP contribution < -0.4 is 0 Å². The van der Waals surface area contributed by atoms with Crippen molar-refractivity contribution in [2.45, 2.75) is 20.0 Å². The van der Waals surface area contributed by atoms with Crippen LogP contribution in [0.3, 0.4) is 0 Å². The van der Waals surface area contributed by atoms with Gasteiger partial charge in [-0.1, -0.05) is 0 Å². The molecule has 2 aromatic heterocycles. The Morgan fingerprint density at radius 1 is 1.22 bits per heavy atom. The second kappa shape index (κ2) is 4.29. The number of aryl methyl sites for hydroxylation is 1. The van der Waals surface area contributed by atoms with E-state index in [0.717, 1.165) is 23.1 Å². The molecule has 0 unspecified atom stereocenters. The molecule has 0 amide bonds. The van der Waals surface area contributed by atoms with Gasteiger partial charge in [0.1, 0.15) is 5.82 Å². The number of aromatic nitrogens is 3. The molecule has 1 aromatic carbocycles. The maximum Gasteiger partial charge on any atom is 0.125 e. The summed E-state index contributed by atoms with van der Waals surface area (Å²) in [6.45, 7) is 3.68. The molecule has 0 atom stereocenters. The van der Waals surface area contributed by atoms with Gasteiger partial charge in [0.15, 0.2) is 0 Å². The zero-order valence-electron chi connectivity index (χ0n) is 10.2. The van der Waals surface area contributed by atoms with Crippen molar-refractivity contribution >= 4 is 10.9 Å². The van der Waals surface area contributed by atoms with Gasteiger partial charge in [0.2, 0.25) is 0 Å². The Morgan fingerprint density at radius 2 is 2.11 bits per heavy atom. The quantitative estimate of drug-likeness (QED) is 0.693. The summed E-state index contributed by atoms with van der Waals surface area (Å²) in [5.41, 5.74) is 2.04. The maximum absolute atomic E-state index is 13.3. The number of hydrogen-bond acceptors (Lipinski definition) is 1. The third-order valence-corrected chi connectivity index (χ3v) is 3.21. The molecule has 3 nitrogen and oxygen atoms in total. The summed E-state index contributed by atoms with van der Waals surface area (Å²) >= 11 is 0. The Hall–Kier alpha value is -2.10. The van der Waals surface area contributed by atoms with E-state index in [1.54, 1.807) is 12.1 Å². The van der Waals surface area contributed by atoms with Crippen LogP contribution in [-0.4, -0.2) is 14.1 Å². The van der Waals surface area contributed by atoms with E-state index in [2.05, 4.69) is 16.5 Å². The normalized spacial score (nSPS) is 11.2. The molecule has 92 valence electrons. The van der Waals surface area contributed by atoms with Gasteiger partial charge in [-0.25, -0.2) is 9.37 Å². The predicted molar refractivity (Wildman–Crippen MR) is 68.9 cm³/mol. The van der Waals surface area contributed by atoms with Gasteiger partial charge < -0.3 is 9.13 Å². The first-order valence-electron chi connectivity index (χ1n) is 6.01. The standard InChI is InChI=1S/C14H14FN3/c1-2-17-10-16-8-13(17)9-18-6-5-11-3-4-12(15)7-14(11)18/h3-8,10H,2,9H2,1H3. The number of rotatable bonds is 3. The van der Waals surface area contributed by atoms with Crippen LogP contribution in [0.25, 0.3) is 10.9 Å². The minimum Gasteiger partial charge on any atom is -0.341 e. The fourth-order valence-electron chi connectivity index (χ4n) is 2.23. The van der Waals surface area contributed by atoms with Gasteiger partial charge in [0.05, 0.1) is 24.1 Å². The van der Waals surface area contributed by atoms with Crippen molar-refractivity contribution in [3.05, 3.63) is 54.5 Å². The van der Waals surface area contributed by atoms with Crippen LogP contribution in [0, 0.1) is 5.82 Å². The molecule has 18 heavy (non-hydrogen) atoms. The molecule has 0 saturated heterocycles. The maximum atomic E-state index is 13.3. The van der Waals surface area contributed by atoms with E-state index in [-0.39, 0.29) is 5.82 Å². The van der Waals surface area contributed by atoms with Gasteiger partial charge in [-0.3, -0.25) is 0 Å². The number of halogens is 1. The van der Waals surface area contributed by atoms with Gasteiger partial charge in [0.25, 0.3) is 0 Å². The number of nitrogens with zero attached hydrogens (tertiary/aromatic N) is 3. The van der Waals surface area contributed by atoms with Gasteiger partial charge in [-0.05, 0) is 36.6 Å². The number of hydrogen-bond donors (Lipinski definition) is 0. The first-order chi connectivity index (χ1) is 8.78. The lowest BCUT2D eigenvalue weighted by Crippen LogP contribution is -2.05. The monoisotopic (exact) mass is 243 g/mol. The molecule has 0 saturated carbocycles. The zero-order chi connectivity index (χ0) is 12.5. The summed E-state index contributed by atoms with van der Waals surface area (Å²) in [7, 11) is 0. The van der Waals surface area contributed by atoms with E-state index in [1.807, 2.05) is 29.4 Å². The van der Waals surface area contributed by atoms with Gasteiger partial charge in [-0.2, -0.15) is 0 Å². The average molecular weight is 243 g/mol. The molecule has 0 bridgehead atoms. The van der Waals surface area contributed by atoms with Crippen molar-refractivity contribution in [3.63, 3.8) is 0 Å². The van der Waals surface area contributed by atoms with Crippen LogP contribution in [0.15, 0.2) is 43.0 Å². The van der Waals surface area contributed by atoms with Crippen molar-refractivity contribution < 1.29 is 4.39 Å². The molecule has 0 fully saturated rings.